The zero-order chi connectivity index (χ0) is 20.9. The van der Waals surface area contributed by atoms with Crippen LogP contribution in [-0.4, -0.2) is 32.0 Å². The summed E-state index contributed by atoms with van der Waals surface area (Å²) in [5.41, 5.74) is 0.499. The Hall–Kier alpha value is -3.34. The smallest absolute Gasteiger partial charge is 0.267 e. The minimum absolute atomic E-state index is 0.0543. The molecule has 0 spiro atoms. The molecule has 0 bridgehead atoms. The SMILES string of the molecule is CCOC(CN/C=C(/C#N)C(=O)Nc1ccc(Oc2ccccc2)cc1)OCC. The molecule has 0 radical (unpaired) electrons. The highest BCUT2D eigenvalue weighted by Crippen LogP contribution is 2.22. The van der Waals surface area contributed by atoms with E-state index in [9.17, 15) is 10.1 Å². The van der Waals surface area contributed by atoms with Gasteiger partial charge in [0.2, 0.25) is 0 Å². The summed E-state index contributed by atoms with van der Waals surface area (Å²) < 4.78 is 16.5. The fourth-order valence-corrected chi connectivity index (χ4v) is 2.37. The Morgan fingerprint density at radius 2 is 1.66 bits per heavy atom. The molecule has 7 heteroatoms. The normalized spacial score (nSPS) is 11.0. The Morgan fingerprint density at radius 1 is 1.03 bits per heavy atom. The van der Waals surface area contributed by atoms with Gasteiger partial charge in [-0.3, -0.25) is 4.79 Å². The molecular formula is C22H25N3O4. The monoisotopic (exact) mass is 395 g/mol. The largest absolute Gasteiger partial charge is 0.457 e. The van der Waals surface area contributed by atoms with E-state index < -0.39 is 12.2 Å². The van der Waals surface area contributed by atoms with Gasteiger partial charge in [-0.2, -0.15) is 5.26 Å². The summed E-state index contributed by atoms with van der Waals surface area (Å²) in [6.45, 7) is 5.07. The highest BCUT2D eigenvalue weighted by atomic mass is 16.7. The first-order chi connectivity index (χ1) is 14.2. The third-order valence-corrected chi connectivity index (χ3v) is 3.69. The van der Waals surface area contributed by atoms with E-state index in [0.29, 0.717) is 31.2 Å². The van der Waals surface area contributed by atoms with E-state index in [-0.39, 0.29) is 5.57 Å². The van der Waals surface area contributed by atoms with E-state index in [1.54, 1.807) is 24.3 Å². The Kier molecular flexibility index (Phi) is 9.22. The lowest BCUT2D eigenvalue weighted by atomic mass is 10.2. The van der Waals surface area contributed by atoms with Gasteiger partial charge in [0.25, 0.3) is 5.91 Å². The summed E-state index contributed by atoms with van der Waals surface area (Å²) in [5, 5.41) is 14.8. The molecule has 2 aromatic rings. The number of carbonyl (C=O) groups excluding carboxylic acids is 1. The number of para-hydroxylation sites is 1. The van der Waals surface area contributed by atoms with Gasteiger partial charge in [-0.25, -0.2) is 0 Å². The molecule has 2 N–H and O–H groups in total. The minimum Gasteiger partial charge on any atom is -0.457 e. The number of ether oxygens (including phenoxy) is 3. The van der Waals surface area contributed by atoms with Gasteiger partial charge in [0.1, 0.15) is 23.1 Å². The molecule has 1 amide bonds. The number of nitrogens with zero attached hydrogens (tertiary/aromatic N) is 1. The van der Waals surface area contributed by atoms with Gasteiger partial charge < -0.3 is 24.8 Å². The number of hydrogen-bond donors (Lipinski definition) is 2. The lowest BCUT2D eigenvalue weighted by molar-refractivity contribution is -0.131. The maximum absolute atomic E-state index is 12.3. The standard InChI is InChI=1S/C22H25N3O4/c1-3-27-21(28-4-2)16-24-15-17(14-23)22(26)25-18-10-12-20(13-11-18)29-19-8-6-5-7-9-19/h5-13,15,21,24H,3-4,16H2,1-2H3,(H,25,26)/b17-15-. The van der Waals surface area contributed by atoms with Crippen molar-refractivity contribution in [2.45, 2.75) is 20.1 Å². The number of anilines is 1. The lowest BCUT2D eigenvalue weighted by Gasteiger charge is -2.16. The van der Waals surface area contributed by atoms with E-state index in [2.05, 4.69) is 10.6 Å². The van der Waals surface area contributed by atoms with Gasteiger partial charge in [0.05, 0.1) is 6.54 Å². The second-order valence-corrected chi connectivity index (χ2v) is 5.81. The summed E-state index contributed by atoms with van der Waals surface area (Å²) in [4.78, 5) is 12.3. The van der Waals surface area contributed by atoms with Crippen LogP contribution in [0.5, 0.6) is 11.5 Å². The van der Waals surface area contributed by atoms with Crippen LogP contribution in [0.25, 0.3) is 0 Å². The van der Waals surface area contributed by atoms with Crippen molar-refractivity contribution < 1.29 is 19.0 Å². The topological polar surface area (TPSA) is 92.6 Å². The highest BCUT2D eigenvalue weighted by molar-refractivity contribution is 6.06. The molecule has 0 saturated carbocycles. The molecule has 0 aliphatic rings. The van der Waals surface area contributed by atoms with Crippen LogP contribution in [0, 0.1) is 11.3 Å². The predicted molar refractivity (Wildman–Crippen MR) is 110 cm³/mol. The van der Waals surface area contributed by atoms with Gasteiger partial charge >= 0.3 is 0 Å². The molecule has 0 fully saturated rings. The van der Waals surface area contributed by atoms with Crippen LogP contribution in [0.3, 0.4) is 0 Å². The number of nitriles is 1. The number of benzene rings is 2. The van der Waals surface area contributed by atoms with Crippen LogP contribution in [0.2, 0.25) is 0 Å². The van der Waals surface area contributed by atoms with Crippen LogP contribution >= 0.6 is 0 Å². The first kappa shape index (κ1) is 22.0. The minimum atomic E-state index is -0.513. The summed E-state index contributed by atoms with van der Waals surface area (Å²) in [6, 6.07) is 18.2. The van der Waals surface area contributed by atoms with E-state index in [1.165, 1.54) is 6.20 Å². The molecule has 0 aliphatic heterocycles. The van der Waals surface area contributed by atoms with Gasteiger partial charge in [0, 0.05) is 25.1 Å². The summed E-state index contributed by atoms with van der Waals surface area (Å²) >= 11 is 0. The molecule has 7 nitrogen and oxygen atoms in total. The average molecular weight is 395 g/mol. The van der Waals surface area contributed by atoms with E-state index >= 15 is 0 Å². The molecule has 29 heavy (non-hydrogen) atoms. The van der Waals surface area contributed by atoms with Crippen molar-refractivity contribution in [2.75, 3.05) is 25.1 Å². The first-order valence-electron chi connectivity index (χ1n) is 9.37. The van der Waals surface area contributed by atoms with Gasteiger partial charge in [-0.05, 0) is 50.2 Å². The van der Waals surface area contributed by atoms with Crippen LogP contribution in [0.1, 0.15) is 13.8 Å². The Morgan fingerprint density at radius 3 is 2.24 bits per heavy atom. The Balaban J connectivity index is 1.90. The first-order valence-corrected chi connectivity index (χ1v) is 9.37. The van der Waals surface area contributed by atoms with E-state index in [4.69, 9.17) is 14.2 Å². The van der Waals surface area contributed by atoms with E-state index in [0.717, 1.165) is 5.75 Å². The number of carbonyl (C=O) groups is 1. The Labute approximate surface area is 170 Å². The van der Waals surface area contributed by atoms with Crippen LogP contribution in [0.4, 0.5) is 5.69 Å². The second kappa shape index (κ2) is 12.2. The highest BCUT2D eigenvalue weighted by Gasteiger charge is 2.11. The van der Waals surface area contributed by atoms with Crippen LogP contribution in [0.15, 0.2) is 66.4 Å². The third kappa shape index (κ3) is 7.66. The number of rotatable bonds is 11. The fourth-order valence-electron chi connectivity index (χ4n) is 2.37. The number of amides is 1. The van der Waals surface area contributed by atoms with Crippen molar-refractivity contribution in [3.05, 3.63) is 66.4 Å². The molecular weight excluding hydrogens is 370 g/mol. The number of hydrogen-bond acceptors (Lipinski definition) is 6. The van der Waals surface area contributed by atoms with Gasteiger partial charge in [-0.15, -0.1) is 0 Å². The van der Waals surface area contributed by atoms with Crippen molar-refractivity contribution in [1.29, 1.82) is 5.26 Å². The fraction of sp³-hybridized carbons (Fsp3) is 0.273. The predicted octanol–water partition coefficient (Wildman–Crippen LogP) is 3.81. The van der Waals surface area contributed by atoms with Gasteiger partial charge in [-0.1, -0.05) is 18.2 Å². The van der Waals surface area contributed by atoms with Crippen molar-refractivity contribution >= 4 is 11.6 Å². The molecule has 0 heterocycles. The maximum Gasteiger partial charge on any atom is 0.267 e. The van der Waals surface area contributed by atoms with E-state index in [1.807, 2.05) is 50.2 Å². The van der Waals surface area contributed by atoms with Crippen molar-refractivity contribution in [3.8, 4) is 17.6 Å². The molecule has 0 atom stereocenters. The molecule has 0 aromatic heterocycles. The van der Waals surface area contributed by atoms with Crippen molar-refractivity contribution in [1.82, 2.24) is 5.32 Å². The maximum atomic E-state index is 12.3. The third-order valence-electron chi connectivity index (χ3n) is 3.69. The molecule has 152 valence electrons. The molecule has 0 unspecified atom stereocenters. The average Bonchev–Trinajstić information content (AvgIpc) is 2.73. The van der Waals surface area contributed by atoms with Gasteiger partial charge in [0.15, 0.2) is 6.29 Å². The lowest BCUT2D eigenvalue weighted by Crippen LogP contribution is -2.29. The van der Waals surface area contributed by atoms with Crippen LogP contribution in [-0.2, 0) is 14.3 Å². The molecule has 2 aromatic carbocycles. The van der Waals surface area contributed by atoms with Crippen LogP contribution < -0.4 is 15.4 Å². The molecule has 0 saturated heterocycles. The Bertz CT molecular complexity index is 823. The number of nitrogens with one attached hydrogen (secondary N) is 2. The summed E-state index contributed by atoms with van der Waals surface area (Å²) in [7, 11) is 0. The molecule has 2 rings (SSSR count). The summed E-state index contributed by atoms with van der Waals surface area (Å²) in [6.07, 6.45) is 0.911. The second-order valence-electron chi connectivity index (χ2n) is 5.81. The van der Waals surface area contributed by atoms with Crippen molar-refractivity contribution in [3.63, 3.8) is 0 Å². The summed E-state index contributed by atoms with van der Waals surface area (Å²) in [5.74, 6) is 0.855. The zero-order valence-electron chi connectivity index (χ0n) is 16.6. The molecule has 0 aliphatic carbocycles. The van der Waals surface area contributed by atoms with Crippen molar-refractivity contribution in [2.24, 2.45) is 0 Å². The zero-order valence-corrected chi connectivity index (χ0v) is 16.6. The quantitative estimate of drug-likeness (QED) is 0.341.